The zero-order chi connectivity index (χ0) is 11.7. The Bertz CT molecular complexity index is 467. The molecule has 1 N–H and O–H groups in total. The lowest BCUT2D eigenvalue weighted by Crippen LogP contribution is -2.52. The van der Waals surface area contributed by atoms with E-state index in [0.29, 0.717) is 0 Å². The minimum Gasteiger partial charge on any atom is -0.277 e. The predicted molar refractivity (Wildman–Crippen MR) is 52.0 cm³/mol. The van der Waals surface area contributed by atoms with Gasteiger partial charge in [0.1, 0.15) is 12.2 Å². The summed E-state index contributed by atoms with van der Waals surface area (Å²) in [7, 11) is 0. The fourth-order valence-electron chi connectivity index (χ4n) is 1.43. The van der Waals surface area contributed by atoms with Gasteiger partial charge >= 0.3 is 6.03 Å². The first kappa shape index (κ1) is 10.3. The van der Waals surface area contributed by atoms with E-state index in [1.54, 1.807) is 0 Å². The van der Waals surface area contributed by atoms with Crippen molar-refractivity contribution in [2.75, 3.05) is 4.90 Å². The van der Waals surface area contributed by atoms with Crippen molar-refractivity contribution in [2.45, 2.75) is 6.42 Å². The lowest BCUT2D eigenvalue weighted by Gasteiger charge is -2.24. The third kappa shape index (κ3) is 1.77. The van der Waals surface area contributed by atoms with Crippen molar-refractivity contribution >= 4 is 23.5 Å². The molecule has 1 heterocycles. The number of nitrogens with zero attached hydrogens (tertiary/aromatic N) is 1. The molecule has 0 atom stereocenters. The minimum absolute atomic E-state index is 0.106. The first-order valence-corrected chi connectivity index (χ1v) is 4.50. The van der Waals surface area contributed by atoms with Crippen molar-refractivity contribution in [2.24, 2.45) is 0 Å². The molecule has 82 valence electrons. The van der Waals surface area contributed by atoms with Gasteiger partial charge in [0.15, 0.2) is 0 Å². The van der Waals surface area contributed by atoms with E-state index < -0.39 is 30.1 Å². The van der Waals surface area contributed by atoms with E-state index in [9.17, 15) is 18.8 Å². The summed E-state index contributed by atoms with van der Waals surface area (Å²) in [6.45, 7) is 0. The van der Waals surface area contributed by atoms with Gasteiger partial charge in [-0.25, -0.2) is 14.1 Å². The molecule has 6 heteroatoms. The molecule has 1 aromatic carbocycles. The van der Waals surface area contributed by atoms with Crippen LogP contribution in [0.1, 0.15) is 6.42 Å². The number of barbiturate groups is 1. The molecule has 1 fully saturated rings. The highest BCUT2D eigenvalue weighted by molar-refractivity contribution is 6.26. The molecular formula is C10H7FN2O3. The van der Waals surface area contributed by atoms with Crippen LogP contribution in [0.15, 0.2) is 24.3 Å². The topological polar surface area (TPSA) is 66.5 Å². The number of anilines is 1. The molecule has 16 heavy (non-hydrogen) atoms. The average molecular weight is 222 g/mol. The zero-order valence-corrected chi connectivity index (χ0v) is 8.07. The summed E-state index contributed by atoms with van der Waals surface area (Å²) in [5, 5.41) is 1.98. The van der Waals surface area contributed by atoms with E-state index in [2.05, 4.69) is 0 Å². The standard InChI is InChI=1S/C10H7FN2O3/c11-6-2-1-3-7(4-6)13-9(15)5-8(14)12-10(13)16/h1-4H,5H2,(H,12,14,16). The molecule has 1 aliphatic rings. The van der Waals surface area contributed by atoms with E-state index in [0.717, 1.165) is 11.0 Å². The molecule has 2 rings (SSSR count). The summed E-state index contributed by atoms with van der Waals surface area (Å²) in [6.07, 6.45) is -0.414. The Hall–Kier alpha value is -2.24. The van der Waals surface area contributed by atoms with Gasteiger partial charge < -0.3 is 0 Å². The normalized spacial score (nSPS) is 16.3. The van der Waals surface area contributed by atoms with E-state index in [1.807, 2.05) is 5.32 Å². The maximum absolute atomic E-state index is 12.9. The van der Waals surface area contributed by atoms with Gasteiger partial charge in [0.05, 0.1) is 5.69 Å². The molecule has 1 aromatic rings. The summed E-state index contributed by atoms with van der Waals surface area (Å²) in [4.78, 5) is 34.4. The molecule has 0 bridgehead atoms. The van der Waals surface area contributed by atoms with Crippen LogP contribution >= 0.6 is 0 Å². The van der Waals surface area contributed by atoms with Crippen LogP contribution in [0.4, 0.5) is 14.9 Å². The lowest BCUT2D eigenvalue weighted by molar-refractivity contribution is -0.128. The molecular weight excluding hydrogens is 215 g/mol. The fraction of sp³-hybridized carbons (Fsp3) is 0.100. The Balaban J connectivity index is 2.36. The van der Waals surface area contributed by atoms with Crippen LogP contribution in [0.2, 0.25) is 0 Å². The smallest absolute Gasteiger partial charge is 0.277 e. The number of amides is 4. The summed E-state index contributed by atoms with van der Waals surface area (Å²) in [6, 6.07) is 4.18. The van der Waals surface area contributed by atoms with E-state index in [-0.39, 0.29) is 5.69 Å². The first-order chi connectivity index (χ1) is 7.58. The van der Waals surface area contributed by atoms with E-state index in [4.69, 9.17) is 0 Å². The van der Waals surface area contributed by atoms with Gasteiger partial charge in [-0.1, -0.05) is 6.07 Å². The number of halogens is 1. The zero-order valence-electron chi connectivity index (χ0n) is 8.07. The maximum Gasteiger partial charge on any atom is 0.335 e. The molecule has 0 unspecified atom stereocenters. The Morgan fingerprint density at radius 2 is 2.00 bits per heavy atom. The van der Waals surface area contributed by atoms with Crippen LogP contribution in [0.25, 0.3) is 0 Å². The number of rotatable bonds is 1. The first-order valence-electron chi connectivity index (χ1n) is 4.50. The fourth-order valence-corrected chi connectivity index (χ4v) is 1.43. The Morgan fingerprint density at radius 3 is 2.62 bits per heavy atom. The second-order valence-electron chi connectivity index (χ2n) is 3.24. The summed E-state index contributed by atoms with van der Waals surface area (Å²) >= 11 is 0. The SMILES string of the molecule is O=C1CC(=O)N(c2cccc(F)c2)C(=O)N1. The lowest BCUT2D eigenvalue weighted by atomic mass is 10.2. The Kier molecular flexibility index (Phi) is 2.40. The molecule has 0 spiro atoms. The molecule has 0 radical (unpaired) electrons. The summed E-state index contributed by atoms with van der Waals surface area (Å²) in [5.41, 5.74) is 0.106. The molecule has 4 amide bonds. The maximum atomic E-state index is 12.9. The van der Waals surface area contributed by atoms with Gasteiger partial charge in [-0.05, 0) is 18.2 Å². The van der Waals surface area contributed by atoms with E-state index >= 15 is 0 Å². The largest absolute Gasteiger partial charge is 0.335 e. The minimum atomic E-state index is -0.855. The number of benzene rings is 1. The van der Waals surface area contributed by atoms with Crippen LogP contribution in [-0.2, 0) is 9.59 Å². The molecule has 0 saturated carbocycles. The second-order valence-corrected chi connectivity index (χ2v) is 3.24. The number of carbonyl (C=O) groups excluding carboxylic acids is 3. The van der Waals surface area contributed by atoms with Crippen molar-refractivity contribution in [3.05, 3.63) is 30.1 Å². The number of nitrogens with one attached hydrogen (secondary N) is 1. The number of carbonyl (C=O) groups is 3. The van der Waals surface area contributed by atoms with Crippen molar-refractivity contribution in [3.8, 4) is 0 Å². The van der Waals surface area contributed by atoms with Gasteiger partial charge in [0.2, 0.25) is 11.8 Å². The number of hydrogen-bond donors (Lipinski definition) is 1. The van der Waals surface area contributed by atoms with Crippen LogP contribution in [0, 0.1) is 5.82 Å². The Morgan fingerprint density at radius 1 is 1.25 bits per heavy atom. The van der Waals surface area contributed by atoms with Crippen LogP contribution in [-0.4, -0.2) is 17.8 Å². The predicted octanol–water partition coefficient (Wildman–Crippen LogP) is 0.799. The number of urea groups is 1. The van der Waals surface area contributed by atoms with Crippen molar-refractivity contribution in [1.29, 1.82) is 0 Å². The third-order valence-electron chi connectivity index (χ3n) is 2.08. The third-order valence-corrected chi connectivity index (χ3v) is 2.08. The van der Waals surface area contributed by atoms with Gasteiger partial charge in [-0.2, -0.15) is 0 Å². The van der Waals surface area contributed by atoms with Gasteiger partial charge in [-0.3, -0.25) is 14.9 Å². The highest BCUT2D eigenvalue weighted by Crippen LogP contribution is 2.18. The number of imide groups is 2. The summed E-state index contributed by atoms with van der Waals surface area (Å²) < 4.78 is 12.9. The quantitative estimate of drug-likeness (QED) is 0.714. The molecule has 0 aliphatic carbocycles. The van der Waals surface area contributed by atoms with Crippen molar-refractivity contribution in [1.82, 2.24) is 5.32 Å². The van der Waals surface area contributed by atoms with Gasteiger partial charge in [0, 0.05) is 0 Å². The van der Waals surface area contributed by atoms with Crippen molar-refractivity contribution < 1.29 is 18.8 Å². The average Bonchev–Trinajstić information content (AvgIpc) is 2.15. The highest BCUT2D eigenvalue weighted by atomic mass is 19.1. The molecule has 1 aliphatic heterocycles. The monoisotopic (exact) mass is 222 g/mol. The molecule has 1 saturated heterocycles. The van der Waals surface area contributed by atoms with E-state index in [1.165, 1.54) is 18.2 Å². The summed E-state index contributed by atoms with van der Waals surface area (Å²) in [5.74, 6) is -1.88. The van der Waals surface area contributed by atoms with Crippen molar-refractivity contribution in [3.63, 3.8) is 0 Å². The van der Waals surface area contributed by atoms with Gasteiger partial charge in [0.25, 0.3) is 0 Å². The highest BCUT2D eigenvalue weighted by Gasteiger charge is 2.31. The second kappa shape index (κ2) is 3.73. The van der Waals surface area contributed by atoms with Gasteiger partial charge in [-0.15, -0.1) is 0 Å². The molecule has 0 aromatic heterocycles. The molecule has 5 nitrogen and oxygen atoms in total. The van der Waals surface area contributed by atoms with Crippen LogP contribution in [0.5, 0.6) is 0 Å². The van der Waals surface area contributed by atoms with Crippen LogP contribution in [0.3, 0.4) is 0 Å². The van der Waals surface area contributed by atoms with Crippen LogP contribution < -0.4 is 10.2 Å². The number of hydrogen-bond acceptors (Lipinski definition) is 3. The Labute approximate surface area is 89.8 Å².